The predicted molar refractivity (Wildman–Crippen MR) is 73.5 cm³/mol. The average Bonchev–Trinajstić information content (AvgIpc) is 2.37. The highest BCUT2D eigenvalue weighted by Gasteiger charge is 2.11. The van der Waals surface area contributed by atoms with Crippen molar-refractivity contribution in [1.82, 2.24) is 4.98 Å². The summed E-state index contributed by atoms with van der Waals surface area (Å²) in [5, 5.41) is 0. The minimum atomic E-state index is -0.278. The topological polar surface area (TPSA) is 33.2 Å². The Labute approximate surface area is 111 Å². The number of carbonyl (C=O) groups excluding carboxylic acids is 1. The van der Waals surface area contributed by atoms with Crippen molar-refractivity contribution in [2.75, 3.05) is 11.9 Å². The SMILES string of the molecule is CC(=O)N(C)c1ncc(-c2cccc(F)c2)cc1C. The molecule has 0 aliphatic carbocycles. The molecule has 1 heterocycles. The Morgan fingerprint density at radius 1 is 1.26 bits per heavy atom. The first-order valence-corrected chi connectivity index (χ1v) is 5.96. The summed E-state index contributed by atoms with van der Waals surface area (Å²) in [6, 6.07) is 8.26. The van der Waals surface area contributed by atoms with Crippen molar-refractivity contribution in [3.63, 3.8) is 0 Å². The third-order valence-electron chi connectivity index (χ3n) is 3.00. The van der Waals surface area contributed by atoms with Crippen LogP contribution in [0.3, 0.4) is 0 Å². The van der Waals surface area contributed by atoms with Crippen LogP contribution in [-0.2, 0) is 4.79 Å². The van der Waals surface area contributed by atoms with Gasteiger partial charge in [-0.3, -0.25) is 9.69 Å². The number of aryl methyl sites for hydroxylation is 1. The molecule has 0 unspecified atom stereocenters. The third-order valence-corrected chi connectivity index (χ3v) is 3.00. The van der Waals surface area contributed by atoms with Crippen LogP contribution in [0.25, 0.3) is 11.1 Å². The largest absolute Gasteiger partial charge is 0.300 e. The van der Waals surface area contributed by atoms with Gasteiger partial charge in [-0.1, -0.05) is 12.1 Å². The van der Waals surface area contributed by atoms with E-state index in [9.17, 15) is 9.18 Å². The highest BCUT2D eigenvalue weighted by atomic mass is 19.1. The summed E-state index contributed by atoms with van der Waals surface area (Å²) in [6.07, 6.45) is 1.65. The van der Waals surface area contributed by atoms with Crippen molar-refractivity contribution in [2.24, 2.45) is 0 Å². The number of rotatable bonds is 2. The van der Waals surface area contributed by atoms with Crippen LogP contribution in [0, 0.1) is 12.7 Å². The minimum absolute atomic E-state index is 0.0749. The van der Waals surface area contributed by atoms with E-state index in [1.54, 1.807) is 19.3 Å². The molecular formula is C15H15FN2O. The van der Waals surface area contributed by atoms with Crippen LogP contribution in [-0.4, -0.2) is 17.9 Å². The quantitative estimate of drug-likeness (QED) is 0.829. The molecule has 0 saturated heterocycles. The molecule has 0 atom stereocenters. The first-order valence-electron chi connectivity index (χ1n) is 5.96. The summed E-state index contributed by atoms with van der Waals surface area (Å²) >= 11 is 0. The molecule has 3 nitrogen and oxygen atoms in total. The van der Waals surface area contributed by atoms with E-state index in [1.807, 2.05) is 19.1 Å². The summed E-state index contributed by atoms with van der Waals surface area (Å²) in [4.78, 5) is 17.1. The second-order valence-corrected chi connectivity index (χ2v) is 4.45. The minimum Gasteiger partial charge on any atom is -0.300 e. The maximum Gasteiger partial charge on any atom is 0.224 e. The first-order chi connectivity index (χ1) is 8.99. The number of hydrogen-bond acceptors (Lipinski definition) is 2. The van der Waals surface area contributed by atoms with Gasteiger partial charge in [0.1, 0.15) is 11.6 Å². The molecule has 2 rings (SSSR count). The fourth-order valence-electron chi connectivity index (χ4n) is 1.89. The van der Waals surface area contributed by atoms with E-state index in [4.69, 9.17) is 0 Å². The molecule has 1 amide bonds. The second kappa shape index (κ2) is 5.18. The Bertz CT molecular complexity index is 625. The molecule has 0 aliphatic rings. The molecule has 0 bridgehead atoms. The molecular weight excluding hydrogens is 243 g/mol. The second-order valence-electron chi connectivity index (χ2n) is 4.45. The van der Waals surface area contributed by atoms with Crippen LogP contribution in [0.1, 0.15) is 12.5 Å². The van der Waals surface area contributed by atoms with E-state index >= 15 is 0 Å². The monoisotopic (exact) mass is 258 g/mol. The number of nitrogens with zero attached hydrogens (tertiary/aromatic N) is 2. The number of hydrogen-bond donors (Lipinski definition) is 0. The fraction of sp³-hybridized carbons (Fsp3) is 0.200. The molecule has 0 fully saturated rings. The lowest BCUT2D eigenvalue weighted by Crippen LogP contribution is -2.24. The molecule has 0 aliphatic heterocycles. The van der Waals surface area contributed by atoms with Gasteiger partial charge in [-0.15, -0.1) is 0 Å². The fourth-order valence-corrected chi connectivity index (χ4v) is 1.89. The van der Waals surface area contributed by atoms with Crippen LogP contribution >= 0.6 is 0 Å². The Morgan fingerprint density at radius 3 is 2.58 bits per heavy atom. The normalized spacial score (nSPS) is 10.3. The standard InChI is InChI=1S/C15H15FN2O/c1-10-7-13(12-5-4-6-14(16)8-12)9-17-15(10)18(3)11(2)19/h4-9H,1-3H3. The van der Waals surface area contributed by atoms with Crippen LogP contribution in [0.4, 0.5) is 10.2 Å². The molecule has 98 valence electrons. The van der Waals surface area contributed by atoms with E-state index in [0.29, 0.717) is 5.82 Å². The smallest absolute Gasteiger partial charge is 0.224 e. The maximum absolute atomic E-state index is 13.2. The molecule has 0 N–H and O–H groups in total. The third kappa shape index (κ3) is 2.78. The number of pyridine rings is 1. The van der Waals surface area contributed by atoms with Gasteiger partial charge in [-0.05, 0) is 36.2 Å². The Balaban J connectivity index is 2.42. The van der Waals surface area contributed by atoms with Crippen LogP contribution < -0.4 is 4.90 Å². The number of anilines is 1. The maximum atomic E-state index is 13.2. The molecule has 0 spiro atoms. The summed E-state index contributed by atoms with van der Waals surface area (Å²) < 4.78 is 13.2. The van der Waals surface area contributed by atoms with Crippen molar-refractivity contribution in [3.05, 3.63) is 47.9 Å². The van der Waals surface area contributed by atoms with Gasteiger partial charge in [0.2, 0.25) is 5.91 Å². The van der Waals surface area contributed by atoms with E-state index < -0.39 is 0 Å². The van der Waals surface area contributed by atoms with Crippen LogP contribution in [0.2, 0.25) is 0 Å². The number of amides is 1. The Morgan fingerprint density at radius 2 is 2.00 bits per heavy atom. The van der Waals surface area contributed by atoms with Crippen LogP contribution in [0.5, 0.6) is 0 Å². The molecule has 4 heteroatoms. The molecule has 1 aromatic carbocycles. The number of halogens is 1. The van der Waals surface area contributed by atoms with E-state index in [2.05, 4.69) is 4.98 Å². The van der Waals surface area contributed by atoms with Crippen molar-refractivity contribution in [2.45, 2.75) is 13.8 Å². The number of carbonyl (C=O) groups is 1. The summed E-state index contributed by atoms with van der Waals surface area (Å²) in [5.74, 6) is 0.266. The number of aromatic nitrogens is 1. The average molecular weight is 258 g/mol. The van der Waals surface area contributed by atoms with E-state index in [-0.39, 0.29) is 11.7 Å². The Kier molecular flexibility index (Phi) is 3.60. The van der Waals surface area contributed by atoms with Gasteiger partial charge in [0.25, 0.3) is 0 Å². The zero-order chi connectivity index (χ0) is 14.0. The lowest BCUT2D eigenvalue weighted by atomic mass is 10.1. The number of benzene rings is 1. The van der Waals surface area contributed by atoms with Crippen molar-refractivity contribution >= 4 is 11.7 Å². The zero-order valence-electron chi connectivity index (χ0n) is 11.1. The van der Waals surface area contributed by atoms with Gasteiger partial charge >= 0.3 is 0 Å². The first kappa shape index (κ1) is 13.2. The summed E-state index contributed by atoms with van der Waals surface area (Å²) in [7, 11) is 1.68. The van der Waals surface area contributed by atoms with Crippen molar-refractivity contribution in [3.8, 4) is 11.1 Å². The molecule has 0 radical (unpaired) electrons. The highest BCUT2D eigenvalue weighted by Crippen LogP contribution is 2.24. The van der Waals surface area contributed by atoms with Gasteiger partial charge in [-0.25, -0.2) is 9.37 Å². The van der Waals surface area contributed by atoms with Gasteiger partial charge in [0.05, 0.1) is 0 Å². The van der Waals surface area contributed by atoms with Crippen molar-refractivity contribution < 1.29 is 9.18 Å². The molecule has 2 aromatic rings. The van der Waals surface area contributed by atoms with Gasteiger partial charge in [0, 0.05) is 25.7 Å². The lowest BCUT2D eigenvalue weighted by Gasteiger charge is -2.16. The summed E-state index contributed by atoms with van der Waals surface area (Å²) in [5.41, 5.74) is 2.48. The lowest BCUT2D eigenvalue weighted by molar-refractivity contribution is -0.116. The van der Waals surface area contributed by atoms with Gasteiger partial charge in [0.15, 0.2) is 0 Å². The summed E-state index contributed by atoms with van der Waals surface area (Å²) in [6.45, 7) is 3.37. The zero-order valence-corrected chi connectivity index (χ0v) is 11.1. The van der Waals surface area contributed by atoms with E-state index in [1.165, 1.54) is 24.0 Å². The van der Waals surface area contributed by atoms with Crippen molar-refractivity contribution in [1.29, 1.82) is 0 Å². The van der Waals surface area contributed by atoms with Gasteiger partial charge in [-0.2, -0.15) is 0 Å². The Hall–Kier alpha value is -2.23. The molecule has 1 aromatic heterocycles. The van der Waals surface area contributed by atoms with E-state index in [0.717, 1.165) is 16.7 Å². The molecule has 19 heavy (non-hydrogen) atoms. The van der Waals surface area contributed by atoms with Crippen LogP contribution in [0.15, 0.2) is 36.5 Å². The molecule has 0 saturated carbocycles. The van der Waals surface area contributed by atoms with Gasteiger partial charge < -0.3 is 0 Å². The predicted octanol–water partition coefficient (Wildman–Crippen LogP) is 3.18. The highest BCUT2D eigenvalue weighted by molar-refractivity contribution is 5.90.